The predicted molar refractivity (Wildman–Crippen MR) is 116 cm³/mol. The molecule has 5 nitrogen and oxygen atoms in total. The molecule has 1 saturated carbocycles. The number of carbonyl (C=O) groups is 2. The Bertz CT molecular complexity index is 490. The molecule has 0 aromatic heterocycles. The van der Waals surface area contributed by atoms with Crippen LogP contribution in [0.4, 0.5) is 4.79 Å². The second kappa shape index (κ2) is 11.2. The average Bonchev–Trinajstić information content (AvgIpc) is 2.49. The molecule has 0 aromatic carbocycles. The SMILES string of the molecule is C[Si](CC(C)(C)C)OC(=O)CCC(CC1CCCCC1)NC(=O)OC(C)(C)C. The van der Waals surface area contributed by atoms with Crippen molar-refractivity contribution in [2.75, 3.05) is 0 Å². The van der Waals surface area contributed by atoms with Crippen molar-refractivity contribution in [1.82, 2.24) is 5.32 Å². The first-order chi connectivity index (χ1) is 12.8. The van der Waals surface area contributed by atoms with Gasteiger partial charge in [-0.2, -0.15) is 0 Å². The van der Waals surface area contributed by atoms with Gasteiger partial charge in [0, 0.05) is 12.5 Å². The summed E-state index contributed by atoms with van der Waals surface area (Å²) in [6.07, 6.45) is 7.74. The fourth-order valence-electron chi connectivity index (χ4n) is 3.87. The summed E-state index contributed by atoms with van der Waals surface area (Å²) in [4.78, 5) is 24.6. The number of hydrogen-bond donors (Lipinski definition) is 1. The first-order valence-corrected chi connectivity index (χ1v) is 13.0. The number of nitrogens with one attached hydrogen (secondary N) is 1. The minimum atomic E-state index is -1.13. The van der Waals surface area contributed by atoms with Crippen LogP contribution in [-0.2, 0) is 14.0 Å². The Labute approximate surface area is 174 Å². The second-order valence-electron chi connectivity index (χ2n) is 10.5. The van der Waals surface area contributed by atoms with E-state index in [1.807, 2.05) is 27.3 Å². The molecule has 1 atom stereocenters. The first kappa shape index (κ1) is 25.0. The fraction of sp³-hybridized carbons (Fsp3) is 0.909. The van der Waals surface area contributed by atoms with Crippen LogP contribution in [0.25, 0.3) is 0 Å². The van der Waals surface area contributed by atoms with E-state index in [0.717, 1.165) is 12.5 Å². The Morgan fingerprint density at radius 1 is 1.07 bits per heavy atom. The lowest BCUT2D eigenvalue weighted by molar-refractivity contribution is -0.135. The molecule has 0 spiro atoms. The molecule has 1 unspecified atom stereocenters. The molecule has 1 amide bonds. The molecule has 0 aromatic rings. The lowest BCUT2D eigenvalue weighted by atomic mass is 9.84. The van der Waals surface area contributed by atoms with E-state index in [9.17, 15) is 9.59 Å². The largest absolute Gasteiger partial charge is 0.518 e. The minimum Gasteiger partial charge on any atom is -0.518 e. The lowest BCUT2D eigenvalue weighted by Gasteiger charge is -2.28. The van der Waals surface area contributed by atoms with Gasteiger partial charge in [0.15, 0.2) is 0 Å². The molecule has 0 saturated heterocycles. The molecule has 0 bridgehead atoms. The smallest absolute Gasteiger partial charge is 0.407 e. The Morgan fingerprint density at radius 3 is 2.21 bits per heavy atom. The van der Waals surface area contributed by atoms with Crippen molar-refractivity contribution in [2.45, 2.75) is 117 Å². The number of carbonyl (C=O) groups excluding carboxylic acids is 2. The maximum atomic E-state index is 12.3. The van der Waals surface area contributed by atoms with E-state index < -0.39 is 20.7 Å². The van der Waals surface area contributed by atoms with E-state index >= 15 is 0 Å². The van der Waals surface area contributed by atoms with Gasteiger partial charge < -0.3 is 14.5 Å². The van der Waals surface area contributed by atoms with Crippen LogP contribution < -0.4 is 5.32 Å². The van der Waals surface area contributed by atoms with Crippen molar-refractivity contribution in [2.24, 2.45) is 11.3 Å². The quantitative estimate of drug-likeness (QED) is 0.509. The number of ether oxygens (including phenoxy) is 1. The maximum Gasteiger partial charge on any atom is 0.407 e. The van der Waals surface area contributed by atoms with E-state index in [-0.39, 0.29) is 17.4 Å². The third-order valence-electron chi connectivity index (χ3n) is 4.83. The van der Waals surface area contributed by atoms with Crippen molar-refractivity contribution in [3.63, 3.8) is 0 Å². The predicted octanol–water partition coefficient (Wildman–Crippen LogP) is 5.84. The highest BCUT2D eigenvalue weighted by Crippen LogP contribution is 2.28. The third-order valence-corrected chi connectivity index (χ3v) is 6.96. The molecular weight excluding hydrogens is 370 g/mol. The minimum absolute atomic E-state index is 0.0411. The zero-order valence-corrected chi connectivity index (χ0v) is 20.2. The molecule has 1 rings (SSSR count). The summed E-state index contributed by atoms with van der Waals surface area (Å²) in [7, 11) is -1.13. The van der Waals surface area contributed by atoms with E-state index in [2.05, 4.69) is 26.1 Å². The highest BCUT2D eigenvalue weighted by Gasteiger charge is 2.25. The van der Waals surface area contributed by atoms with Gasteiger partial charge in [0.2, 0.25) is 0 Å². The topological polar surface area (TPSA) is 64.6 Å². The normalized spacial score (nSPS) is 17.3. The Hall–Kier alpha value is -1.04. The van der Waals surface area contributed by atoms with Gasteiger partial charge in [-0.1, -0.05) is 52.9 Å². The molecule has 163 valence electrons. The van der Waals surface area contributed by atoms with Crippen LogP contribution in [0.5, 0.6) is 0 Å². The van der Waals surface area contributed by atoms with Gasteiger partial charge in [-0.15, -0.1) is 0 Å². The van der Waals surface area contributed by atoms with Crippen molar-refractivity contribution in [3.05, 3.63) is 0 Å². The van der Waals surface area contributed by atoms with E-state index in [1.54, 1.807) is 0 Å². The average molecular weight is 413 g/mol. The molecule has 0 heterocycles. The molecule has 1 aliphatic carbocycles. The highest BCUT2D eigenvalue weighted by atomic mass is 28.3. The highest BCUT2D eigenvalue weighted by molar-refractivity contribution is 6.52. The fourth-order valence-corrected chi connectivity index (χ4v) is 5.93. The van der Waals surface area contributed by atoms with Crippen LogP contribution in [0.3, 0.4) is 0 Å². The van der Waals surface area contributed by atoms with Crippen LogP contribution >= 0.6 is 0 Å². The van der Waals surface area contributed by atoms with Crippen molar-refractivity contribution < 1.29 is 18.8 Å². The molecule has 6 heteroatoms. The molecule has 0 aliphatic heterocycles. The number of hydrogen-bond acceptors (Lipinski definition) is 4. The van der Waals surface area contributed by atoms with Gasteiger partial charge in [0.1, 0.15) is 5.60 Å². The van der Waals surface area contributed by atoms with E-state index in [1.165, 1.54) is 32.1 Å². The van der Waals surface area contributed by atoms with Crippen molar-refractivity contribution >= 4 is 21.1 Å². The van der Waals surface area contributed by atoms with Gasteiger partial charge in [0.25, 0.3) is 15.0 Å². The maximum absolute atomic E-state index is 12.3. The molecule has 1 N–H and O–H groups in total. The number of alkyl carbamates (subject to hydrolysis) is 1. The Balaban J connectivity index is 2.55. The van der Waals surface area contributed by atoms with Gasteiger partial charge in [-0.3, -0.25) is 4.79 Å². The zero-order valence-electron chi connectivity index (χ0n) is 19.2. The summed E-state index contributed by atoms with van der Waals surface area (Å²) in [5, 5.41) is 3.01. The molecule has 1 fully saturated rings. The van der Waals surface area contributed by atoms with Gasteiger partial charge >= 0.3 is 6.09 Å². The van der Waals surface area contributed by atoms with E-state index in [4.69, 9.17) is 9.16 Å². The summed E-state index contributed by atoms with van der Waals surface area (Å²) in [5.41, 5.74) is -0.351. The van der Waals surface area contributed by atoms with Crippen LogP contribution in [-0.4, -0.2) is 32.7 Å². The Kier molecular flexibility index (Phi) is 10.0. The summed E-state index contributed by atoms with van der Waals surface area (Å²) in [6, 6.07) is 0.895. The van der Waals surface area contributed by atoms with Gasteiger partial charge in [0.05, 0.1) is 0 Å². The summed E-state index contributed by atoms with van der Waals surface area (Å²) < 4.78 is 11.1. The monoisotopic (exact) mass is 412 g/mol. The Morgan fingerprint density at radius 2 is 1.68 bits per heavy atom. The van der Waals surface area contributed by atoms with Crippen molar-refractivity contribution in [1.29, 1.82) is 0 Å². The molecular formula is C22H42NO4Si. The molecule has 28 heavy (non-hydrogen) atoms. The lowest BCUT2D eigenvalue weighted by Crippen LogP contribution is -2.40. The molecule has 1 aliphatic rings. The zero-order chi connectivity index (χ0) is 21.4. The first-order valence-electron chi connectivity index (χ1n) is 10.9. The van der Waals surface area contributed by atoms with Crippen LogP contribution in [0.2, 0.25) is 12.6 Å². The summed E-state index contributed by atoms with van der Waals surface area (Å²) in [6.45, 7) is 14.1. The number of rotatable bonds is 8. The standard InChI is InChI=1S/C22H42NO4Si/c1-21(2,3)16-28(7)27-19(24)14-13-18(15-17-11-9-8-10-12-17)23-20(25)26-22(4,5)6/h17-18H,8-16H2,1-7H3,(H,23,25). The third kappa shape index (κ3) is 12.4. The van der Waals surface area contributed by atoms with Crippen molar-refractivity contribution in [3.8, 4) is 0 Å². The molecule has 1 radical (unpaired) electrons. The number of amides is 1. The van der Waals surface area contributed by atoms with Crippen LogP contribution in [0.1, 0.15) is 92.9 Å². The summed E-state index contributed by atoms with van der Waals surface area (Å²) in [5.74, 6) is 0.483. The van der Waals surface area contributed by atoms with Gasteiger partial charge in [-0.05, 0) is 57.5 Å². The van der Waals surface area contributed by atoms with Crippen LogP contribution in [0.15, 0.2) is 0 Å². The van der Waals surface area contributed by atoms with Crippen LogP contribution in [0, 0.1) is 11.3 Å². The van der Waals surface area contributed by atoms with Gasteiger partial charge in [-0.25, -0.2) is 4.79 Å². The summed E-state index contributed by atoms with van der Waals surface area (Å²) >= 11 is 0. The second-order valence-corrected chi connectivity index (χ2v) is 12.5. The van der Waals surface area contributed by atoms with E-state index in [0.29, 0.717) is 18.8 Å².